The van der Waals surface area contributed by atoms with Crippen molar-refractivity contribution in [3.8, 4) is 17.0 Å². The number of anilines is 2. The molecule has 1 aliphatic heterocycles. The highest BCUT2D eigenvalue weighted by Crippen LogP contribution is 2.44. The van der Waals surface area contributed by atoms with E-state index in [-0.39, 0.29) is 10.7 Å². The summed E-state index contributed by atoms with van der Waals surface area (Å²) in [5, 5.41) is 16.5. The van der Waals surface area contributed by atoms with Gasteiger partial charge in [0.05, 0.1) is 18.5 Å². The minimum Gasteiger partial charge on any atom is -0.497 e. The van der Waals surface area contributed by atoms with Crippen LogP contribution >= 0.6 is 0 Å². The lowest BCUT2D eigenvalue weighted by Gasteiger charge is -2.19. The lowest BCUT2D eigenvalue weighted by atomic mass is 10.1. The van der Waals surface area contributed by atoms with Crippen LogP contribution in [0.4, 0.5) is 22.9 Å². The van der Waals surface area contributed by atoms with E-state index < -0.39 is 10.0 Å². The first-order chi connectivity index (χ1) is 15.5. The highest BCUT2D eigenvalue weighted by Gasteiger charge is 2.34. The molecule has 0 aliphatic carbocycles. The standard InChI is InChI=1S/C23H19N5O3S/c1-15-14-17(31-2)12-13-18(15)25-26-22-21(16-8-4-3-5-9-16)27-28-23(22)24-19-10-6-7-11-20(19)32(28,29)30/h3-14,24H,1-2H3. The molecule has 0 bridgehead atoms. The summed E-state index contributed by atoms with van der Waals surface area (Å²) >= 11 is 0. The van der Waals surface area contributed by atoms with Crippen LogP contribution in [0.25, 0.3) is 11.3 Å². The van der Waals surface area contributed by atoms with Crippen molar-refractivity contribution in [1.82, 2.24) is 9.19 Å². The molecule has 0 unspecified atom stereocenters. The lowest BCUT2D eigenvalue weighted by Crippen LogP contribution is -2.22. The van der Waals surface area contributed by atoms with Crippen LogP contribution < -0.4 is 10.1 Å². The highest BCUT2D eigenvalue weighted by molar-refractivity contribution is 7.90. The number of benzene rings is 3. The zero-order valence-electron chi connectivity index (χ0n) is 17.4. The summed E-state index contributed by atoms with van der Waals surface area (Å²) in [6.07, 6.45) is 0. The van der Waals surface area contributed by atoms with Crippen LogP contribution in [0.1, 0.15) is 5.56 Å². The molecule has 8 nitrogen and oxygen atoms in total. The third-order valence-corrected chi connectivity index (χ3v) is 6.82. The number of aryl methyl sites for hydroxylation is 1. The third-order valence-electron chi connectivity index (χ3n) is 5.19. The molecule has 32 heavy (non-hydrogen) atoms. The van der Waals surface area contributed by atoms with Crippen molar-refractivity contribution in [3.63, 3.8) is 0 Å². The van der Waals surface area contributed by atoms with E-state index >= 15 is 0 Å². The van der Waals surface area contributed by atoms with E-state index in [1.54, 1.807) is 43.5 Å². The number of hydrogen-bond donors (Lipinski definition) is 1. The smallest absolute Gasteiger partial charge is 0.287 e. The fourth-order valence-corrected chi connectivity index (χ4v) is 4.94. The Morgan fingerprint density at radius 3 is 2.47 bits per heavy atom. The Morgan fingerprint density at radius 1 is 0.969 bits per heavy atom. The normalized spacial score (nSPS) is 13.9. The molecule has 0 saturated heterocycles. The molecule has 0 saturated carbocycles. The maximum Gasteiger partial charge on any atom is 0.287 e. The van der Waals surface area contributed by atoms with E-state index in [9.17, 15) is 8.42 Å². The van der Waals surface area contributed by atoms with Gasteiger partial charge in [-0.1, -0.05) is 42.5 Å². The molecule has 1 aliphatic rings. The predicted molar refractivity (Wildman–Crippen MR) is 122 cm³/mol. The number of aromatic nitrogens is 2. The van der Waals surface area contributed by atoms with Gasteiger partial charge in [-0.15, -0.1) is 9.20 Å². The summed E-state index contributed by atoms with van der Waals surface area (Å²) in [6.45, 7) is 1.90. The summed E-state index contributed by atoms with van der Waals surface area (Å²) < 4.78 is 32.8. The minimum atomic E-state index is -3.89. The summed E-state index contributed by atoms with van der Waals surface area (Å²) in [6, 6.07) is 21.5. The molecule has 2 heterocycles. The quantitative estimate of drug-likeness (QED) is 0.364. The van der Waals surface area contributed by atoms with E-state index in [1.165, 1.54) is 0 Å². The van der Waals surface area contributed by atoms with Gasteiger partial charge in [0.1, 0.15) is 16.3 Å². The first-order valence-corrected chi connectivity index (χ1v) is 11.3. The Kier molecular flexibility index (Phi) is 4.75. The largest absolute Gasteiger partial charge is 0.497 e. The van der Waals surface area contributed by atoms with Crippen molar-refractivity contribution in [2.24, 2.45) is 10.2 Å². The molecule has 5 rings (SSSR count). The summed E-state index contributed by atoms with van der Waals surface area (Å²) in [4.78, 5) is 0.157. The lowest BCUT2D eigenvalue weighted by molar-refractivity contribution is 0.414. The van der Waals surface area contributed by atoms with Gasteiger partial charge in [0.25, 0.3) is 10.0 Å². The average Bonchev–Trinajstić information content (AvgIpc) is 3.18. The number of rotatable bonds is 4. The number of methoxy groups -OCH3 is 1. The molecule has 160 valence electrons. The molecule has 0 atom stereocenters. The number of hydrogen-bond acceptors (Lipinski definition) is 7. The SMILES string of the molecule is COc1ccc(N=Nc2c(-c3ccccc3)nn3c2Nc2ccccc2S3(=O)=O)c(C)c1. The fourth-order valence-electron chi connectivity index (χ4n) is 3.54. The molecule has 3 aromatic carbocycles. The van der Waals surface area contributed by atoms with Crippen LogP contribution in [0.15, 0.2) is 87.9 Å². The van der Waals surface area contributed by atoms with Crippen molar-refractivity contribution in [2.75, 3.05) is 12.4 Å². The highest BCUT2D eigenvalue weighted by atomic mass is 32.2. The first-order valence-electron chi connectivity index (χ1n) is 9.85. The monoisotopic (exact) mass is 445 g/mol. The second kappa shape index (κ2) is 7.61. The molecule has 9 heteroatoms. The van der Waals surface area contributed by atoms with Gasteiger partial charge >= 0.3 is 0 Å². The van der Waals surface area contributed by atoms with E-state index in [4.69, 9.17) is 4.74 Å². The van der Waals surface area contributed by atoms with Gasteiger partial charge in [0.2, 0.25) is 0 Å². The van der Waals surface area contributed by atoms with Gasteiger partial charge in [-0.05, 0) is 42.8 Å². The summed E-state index contributed by atoms with van der Waals surface area (Å²) in [7, 11) is -2.28. The Labute approximate surface area is 185 Å². The second-order valence-corrected chi connectivity index (χ2v) is 8.97. The van der Waals surface area contributed by atoms with E-state index in [2.05, 4.69) is 20.6 Å². The number of nitrogens with one attached hydrogen (secondary N) is 1. The Balaban J connectivity index is 1.70. The number of azo groups is 1. The summed E-state index contributed by atoms with van der Waals surface area (Å²) in [5.41, 5.74) is 3.47. The summed E-state index contributed by atoms with van der Waals surface area (Å²) in [5.74, 6) is 0.969. The maximum atomic E-state index is 13.3. The van der Waals surface area contributed by atoms with Crippen molar-refractivity contribution in [3.05, 3.63) is 78.4 Å². The molecule has 0 amide bonds. The Hall–Kier alpha value is -3.98. The van der Waals surface area contributed by atoms with Crippen molar-refractivity contribution < 1.29 is 13.2 Å². The van der Waals surface area contributed by atoms with Gasteiger partial charge in [-0.3, -0.25) is 0 Å². The molecule has 4 aromatic rings. The minimum absolute atomic E-state index is 0.157. The number of fused-ring (bicyclic) bond motifs is 2. The third kappa shape index (κ3) is 3.23. The van der Waals surface area contributed by atoms with Crippen LogP contribution in [0.2, 0.25) is 0 Å². The molecule has 1 N–H and O–H groups in total. The van der Waals surface area contributed by atoms with Crippen LogP contribution in [0, 0.1) is 6.92 Å². The van der Waals surface area contributed by atoms with E-state index in [0.29, 0.717) is 22.8 Å². The van der Waals surface area contributed by atoms with Crippen LogP contribution in [-0.4, -0.2) is 24.7 Å². The Bertz CT molecular complexity index is 1460. The number of para-hydroxylation sites is 1. The van der Waals surface area contributed by atoms with Gasteiger partial charge in [-0.25, -0.2) is 0 Å². The average molecular weight is 446 g/mol. The topological polar surface area (TPSA) is 97.9 Å². The van der Waals surface area contributed by atoms with Crippen molar-refractivity contribution in [2.45, 2.75) is 11.8 Å². The van der Waals surface area contributed by atoms with Gasteiger partial charge in [0.15, 0.2) is 11.5 Å². The number of ether oxygens (including phenoxy) is 1. The van der Waals surface area contributed by atoms with E-state index in [0.717, 1.165) is 21.0 Å². The van der Waals surface area contributed by atoms with Gasteiger partial charge in [-0.2, -0.15) is 18.6 Å². The van der Waals surface area contributed by atoms with Crippen LogP contribution in [-0.2, 0) is 10.0 Å². The second-order valence-electron chi connectivity index (χ2n) is 7.23. The van der Waals surface area contributed by atoms with Crippen LogP contribution in [0.3, 0.4) is 0 Å². The van der Waals surface area contributed by atoms with Gasteiger partial charge in [0, 0.05) is 5.56 Å². The predicted octanol–water partition coefficient (Wildman–Crippen LogP) is 5.58. The molecule has 1 aromatic heterocycles. The molecule has 0 radical (unpaired) electrons. The zero-order valence-corrected chi connectivity index (χ0v) is 18.2. The Morgan fingerprint density at radius 2 is 1.72 bits per heavy atom. The van der Waals surface area contributed by atoms with Crippen molar-refractivity contribution in [1.29, 1.82) is 0 Å². The maximum absolute atomic E-state index is 13.3. The molecular weight excluding hydrogens is 426 g/mol. The molecule has 0 spiro atoms. The number of nitrogens with zero attached hydrogens (tertiary/aromatic N) is 4. The molecule has 0 fully saturated rings. The zero-order chi connectivity index (χ0) is 22.3. The first kappa shape index (κ1) is 20.0. The van der Waals surface area contributed by atoms with Crippen LogP contribution in [0.5, 0.6) is 5.75 Å². The van der Waals surface area contributed by atoms with Crippen molar-refractivity contribution >= 4 is 32.9 Å². The fraction of sp³-hybridized carbons (Fsp3) is 0.0870. The van der Waals surface area contributed by atoms with Gasteiger partial charge < -0.3 is 10.1 Å². The molecular formula is C23H19N5O3S. The van der Waals surface area contributed by atoms with E-state index in [1.807, 2.05) is 43.3 Å².